The summed E-state index contributed by atoms with van der Waals surface area (Å²) < 4.78 is 0. The van der Waals surface area contributed by atoms with E-state index in [1.54, 1.807) is 0 Å². The molecular weight excluding hydrogens is 246 g/mol. The van der Waals surface area contributed by atoms with Crippen LogP contribution < -0.4 is 0 Å². The van der Waals surface area contributed by atoms with E-state index < -0.39 is 0 Å². The summed E-state index contributed by atoms with van der Waals surface area (Å²) in [7, 11) is 2.21. The average molecular weight is 266 g/mol. The highest BCUT2D eigenvalue weighted by molar-refractivity contribution is 6.30. The SMILES string of the molecule is CN1C2CCC1[C@@H](CO)[C@@H](c1ccc(Cl)cc1)C2. The van der Waals surface area contributed by atoms with Gasteiger partial charge in [0.2, 0.25) is 0 Å². The van der Waals surface area contributed by atoms with Gasteiger partial charge in [0.1, 0.15) is 0 Å². The summed E-state index contributed by atoms with van der Waals surface area (Å²) in [5.74, 6) is 0.857. The summed E-state index contributed by atoms with van der Waals surface area (Å²) in [6.07, 6.45) is 3.68. The molecule has 0 saturated carbocycles. The molecule has 98 valence electrons. The van der Waals surface area contributed by atoms with Gasteiger partial charge in [0, 0.05) is 29.6 Å². The van der Waals surface area contributed by atoms with Gasteiger partial charge in [-0.2, -0.15) is 0 Å². The fraction of sp³-hybridized carbons (Fsp3) is 0.600. The second-order valence-corrected chi connectivity index (χ2v) is 6.14. The van der Waals surface area contributed by atoms with Crippen molar-refractivity contribution < 1.29 is 5.11 Å². The molecule has 1 aromatic rings. The van der Waals surface area contributed by atoms with Gasteiger partial charge in [-0.3, -0.25) is 0 Å². The molecular formula is C15H20ClNO. The van der Waals surface area contributed by atoms with E-state index in [0.29, 0.717) is 23.9 Å². The Hall–Kier alpha value is -0.570. The second kappa shape index (κ2) is 4.84. The average Bonchev–Trinajstić information content (AvgIpc) is 2.63. The van der Waals surface area contributed by atoms with Crippen molar-refractivity contribution in [2.24, 2.45) is 5.92 Å². The molecule has 2 nitrogen and oxygen atoms in total. The minimum absolute atomic E-state index is 0.287. The van der Waals surface area contributed by atoms with E-state index in [1.165, 1.54) is 24.8 Å². The maximum Gasteiger partial charge on any atom is 0.0480 e. The van der Waals surface area contributed by atoms with Gasteiger partial charge < -0.3 is 10.0 Å². The molecule has 0 radical (unpaired) electrons. The van der Waals surface area contributed by atoms with Crippen molar-refractivity contribution in [3.8, 4) is 0 Å². The van der Waals surface area contributed by atoms with Gasteiger partial charge in [0.15, 0.2) is 0 Å². The first-order valence-corrected chi connectivity index (χ1v) is 7.16. The number of aliphatic hydroxyl groups excluding tert-OH is 1. The Morgan fingerprint density at radius 3 is 2.67 bits per heavy atom. The van der Waals surface area contributed by atoms with Crippen molar-refractivity contribution in [3.05, 3.63) is 34.9 Å². The third-order valence-corrected chi connectivity index (χ3v) is 5.19. The molecule has 2 bridgehead atoms. The number of piperidine rings is 1. The van der Waals surface area contributed by atoms with Gasteiger partial charge >= 0.3 is 0 Å². The molecule has 4 atom stereocenters. The fourth-order valence-electron chi connectivity index (χ4n) is 3.92. The molecule has 2 fully saturated rings. The van der Waals surface area contributed by atoms with Gasteiger partial charge in [-0.25, -0.2) is 0 Å². The summed E-state index contributed by atoms with van der Waals surface area (Å²) in [6, 6.07) is 9.42. The molecule has 2 unspecified atom stereocenters. The van der Waals surface area contributed by atoms with Crippen LogP contribution in [0.5, 0.6) is 0 Å². The Labute approximate surface area is 114 Å². The number of aliphatic hydroxyl groups is 1. The first-order chi connectivity index (χ1) is 8.70. The van der Waals surface area contributed by atoms with Gasteiger partial charge in [-0.05, 0) is 49.9 Å². The molecule has 2 aliphatic rings. The van der Waals surface area contributed by atoms with Gasteiger partial charge in [-0.1, -0.05) is 23.7 Å². The van der Waals surface area contributed by atoms with Crippen LogP contribution in [0.3, 0.4) is 0 Å². The zero-order chi connectivity index (χ0) is 12.7. The Kier molecular flexibility index (Phi) is 3.35. The normalized spacial score (nSPS) is 35.9. The lowest BCUT2D eigenvalue weighted by atomic mass is 9.76. The van der Waals surface area contributed by atoms with Crippen molar-refractivity contribution in [1.82, 2.24) is 4.90 Å². The van der Waals surface area contributed by atoms with E-state index in [0.717, 1.165) is 5.02 Å². The topological polar surface area (TPSA) is 23.5 Å². The quantitative estimate of drug-likeness (QED) is 0.889. The zero-order valence-electron chi connectivity index (χ0n) is 10.7. The molecule has 3 heteroatoms. The molecule has 2 saturated heterocycles. The van der Waals surface area contributed by atoms with E-state index in [4.69, 9.17) is 11.6 Å². The van der Waals surface area contributed by atoms with Crippen molar-refractivity contribution in [1.29, 1.82) is 0 Å². The molecule has 1 aromatic carbocycles. The number of halogens is 1. The van der Waals surface area contributed by atoms with Gasteiger partial charge in [-0.15, -0.1) is 0 Å². The lowest BCUT2D eigenvalue weighted by molar-refractivity contribution is 0.0592. The van der Waals surface area contributed by atoms with E-state index in [9.17, 15) is 5.11 Å². The Bertz CT molecular complexity index is 419. The number of hydrogen-bond donors (Lipinski definition) is 1. The van der Waals surface area contributed by atoms with Gasteiger partial charge in [0.05, 0.1) is 0 Å². The van der Waals surface area contributed by atoms with Crippen LogP contribution in [0, 0.1) is 5.92 Å². The van der Waals surface area contributed by atoms with Crippen LogP contribution in [0.2, 0.25) is 5.02 Å². The summed E-state index contributed by atoms with van der Waals surface area (Å²) in [5, 5.41) is 10.5. The summed E-state index contributed by atoms with van der Waals surface area (Å²) in [4.78, 5) is 2.48. The van der Waals surface area contributed by atoms with Crippen molar-refractivity contribution in [3.63, 3.8) is 0 Å². The molecule has 0 aromatic heterocycles. The third-order valence-electron chi connectivity index (χ3n) is 4.94. The second-order valence-electron chi connectivity index (χ2n) is 5.70. The van der Waals surface area contributed by atoms with Gasteiger partial charge in [0.25, 0.3) is 0 Å². The van der Waals surface area contributed by atoms with Crippen LogP contribution in [0.1, 0.15) is 30.7 Å². The highest BCUT2D eigenvalue weighted by Gasteiger charge is 2.45. The molecule has 18 heavy (non-hydrogen) atoms. The standard InChI is InChI=1S/C15H20ClNO/c1-17-12-6-7-15(17)14(9-18)13(8-12)10-2-4-11(16)5-3-10/h2-5,12-15,18H,6-9H2,1H3/t12?,13-,14+,15?/m1/s1. The number of hydrogen-bond acceptors (Lipinski definition) is 2. The number of rotatable bonds is 2. The number of benzene rings is 1. The highest BCUT2D eigenvalue weighted by Crippen LogP contribution is 2.45. The maximum absolute atomic E-state index is 9.76. The van der Waals surface area contributed by atoms with E-state index in [-0.39, 0.29) is 6.61 Å². The zero-order valence-corrected chi connectivity index (χ0v) is 11.5. The van der Waals surface area contributed by atoms with Crippen LogP contribution in [0.15, 0.2) is 24.3 Å². The minimum Gasteiger partial charge on any atom is -0.396 e. The molecule has 2 aliphatic heterocycles. The van der Waals surface area contributed by atoms with Crippen molar-refractivity contribution in [2.75, 3.05) is 13.7 Å². The maximum atomic E-state index is 9.76. The smallest absolute Gasteiger partial charge is 0.0480 e. The molecule has 0 aliphatic carbocycles. The van der Waals surface area contributed by atoms with E-state index in [1.807, 2.05) is 12.1 Å². The van der Waals surface area contributed by atoms with Crippen LogP contribution in [0.25, 0.3) is 0 Å². The molecule has 0 spiro atoms. The van der Waals surface area contributed by atoms with Crippen LogP contribution in [-0.2, 0) is 0 Å². The lowest BCUT2D eigenvalue weighted by Gasteiger charge is -2.42. The Balaban J connectivity index is 1.89. The largest absolute Gasteiger partial charge is 0.396 e. The first kappa shape index (κ1) is 12.5. The molecule has 3 rings (SSSR count). The van der Waals surface area contributed by atoms with E-state index >= 15 is 0 Å². The number of fused-ring (bicyclic) bond motifs is 2. The molecule has 0 amide bonds. The molecule has 1 N–H and O–H groups in total. The monoisotopic (exact) mass is 265 g/mol. The van der Waals surface area contributed by atoms with Crippen LogP contribution in [-0.4, -0.2) is 35.7 Å². The van der Waals surface area contributed by atoms with Crippen LogP contribution in [0.4, 0.5) is 0 Å². The predicted molar refractivity (Wildman–Crippen MR) is 74.0 cm³/mol. The summed E-state index contributed by atoms with van der Waals surface area (Å²) in [5.41, 5.74) is 1.34. The minimum atomic E-state index is 0.287. The van der Waals surface area contributed by atoms with Crippen LogP contribution >= 0.6 is 11.6 Å². The fourth-order valence-corrected chi connectivity index (χ4v) is 4.05. The Morgan fingerprint density at radius 1 is 1.28 bits per heavy atom. The summed E-state index contributed by atoms with van der Waals surface area (Å²) in [6.45, 7) is 0.287. The highest BCUT2D eigenvalue weighted by atomic mass is 35.5. The molecule has 2 heterocycles. The lowest BCUT2D eigenvalue weighted by Crippen LogP contribution is -2.47. The van der Waals surface area contributed by atoms with Crippen molar-refractivity contribution >= 4 is 11.6 Å². The Morgan fingerprint density at radius 2 is 2.00 bits per heavy atom. The summed E-state index contributed by atoms with van der Waals surface area (Å²) >= 11 is 5.96. The third kappa shape index (κ3) is 1.97. The predicted octanol–water partition coefficient (Wildman–Crippen LogP) is 2.90. The first-order valence-electron chi connectivity index (χ1n) is 6.79. The van der Waals surface area contributed by atoms with Crippen molar-refractivity contribution in [2.45, 2.75) is 37.3 Å². The number of nitrogens with zero attached hydrogens (tertiary/aromatic N) is 1. The van der Waals surface area contributed by atoms with E-state index in [2.05, 4.69) is 24.1 Å².